The van der Waals surface area contributed by atoms with Crippen LogP contribution in [-0.4, -0.2) is 23.3 Å². The largest absolute Gasteiger partial charge is 0.396 e. The minimum atomic E-state index is -1.63. The summed E-state index contributed by atoms with van der Waals surface area (Å²) >= 11 is 0. The number of ether oxygens (including phenoxy) is 1. The molecule has 5 nitrogen and oxygen atoms in total. The lowest BCUT2D eigenvalue weighted by molar-refractivity contribution is -0.150. The topological polar surface area (TPSA) is 108 Å². The van der Waals surface area contributed by atoms with Crippen molar-refractivity contribution in [1.29, 1.82) is 0 Å². The summed E-state index contributed by atoms with van der Waals surface area (Å²) in [7, 11) is 0. The van der Waals surface area contributed by atoms with Gasteiger partial charge in [-0.3, -0.25) is 17.2 Å². The van der Waals surface area contributed by atoms with Crippen LogP contribution in [0.25, 0.3) is 0 Å². The minimum absolute atomic E-state index is 0.0282. The van der Waals surface area contributed by atoms with E-state index in [1.807, 2.05) is 13.8 Å². The van der Waals surface area contributed by atoms with Crippen LogP contribution in [0.2, 0.25) is 0 Å². The molecule has 0 saturated carbocycles. The van der Waals surface area contributed by atoms with Crippen LogP contribution in [0.4, 0.5) is 0 Å². The van der Waals surface area contributed by atoms with E-state index in [0.717, 1.165) is 0 Å². The molecule has 0 aliphatic rings. The van der Waals surface area contributed by atoms with E-state index in [2.05, 4.69) is 0 Å². The zero-order valence-electron chi connectivity index (χ0n) is 7.71. The molecule has 0 aliphatic carbocycles. The van der Waals surface area contributed by atoms with Crippen LogP contribution in [0.3, 0.4) is 0 Å². The van der Waals surface area contributed by atoms with Crippen molar-refractivity contribution in [2.75, 3.05) is 6.61 Å². The van der Waals surface area contributed by atoms with Gasteiger partial charge in [-0.1, -0.05) is 6.92 Å². The molecule has 0 rings (SSSR count). The van der Waals surface area contributed by atoms with E-state index in [1.54, 1.807) is 0 Å². The fourth-order valence-corrected chi connectivity index (χ4v) is 0.963. The van der Waals surface area contributed by atoms with Gasteiger partial charge in [-0.05, 0) is 19.8 Å². The molecular formula is C7H19N3O2. The molecule has 1 atom stereocenters. The second-order valence-corrected chi connectivity index (χ2v) is 3.23. The molecule has 0 aromatic heterocycles. The molecule has 0 aromatic rings. The van der Waals surface area contributed by atoms with Gasteiger partial charge in [0.1, 0.15) is 0 Å². The lowest BCUT2D eigenvalue weighted by Crippen LogP contribution is -2.63. The maximum atomic E-state index is 8.73. The van der Waals surface area contributed by atoms with Gasteiger partial charge in [0.2, 0.25) is 5.97 Å². The number of rotatable bonds is 5. The van der Waals surface area contributed by atoms with E-state index >= 15 is 0 Å². The molecule has 0 bridgehead atoms. The van der Waals surface area contributed by atoms with Crippen LogP contribution in [-0.2, 0) is 4.74 Å². The Hall–Kier alpha value is -0.200. The van der Waals surface area contributed by atoms with Crippen LogP contribution in [0, 0.1) is 0 Å². The Balaban J connectivity index is 4.14. The average molecular weight is 177 g/mol. The van der Waals surface area contributed by atoms with Gasteiger partial charge in [-0.15, -0.1) is 0 Å². The molecule has 0 aliphatic heterocycles. The first-order valence-corrected chi connectivity index (χ1v) is 4.00. The Morgan fingerprint density at radius 3 is 2.08 bits per heavy atom. The van der Waals surface area contributed by atoms with Crippen molar-refractivity contribution < 1.29 is 9.84 Å². The molecule has 0 fully saturated rings. The predicted molar refractivity (Wildman–Crippen MR) is 46.8 cm³/mol. The molecule has 12 heavy (non-hydrogen) atoms. The van der Waals surface area contributed by atoms with Crippen LogP contribution >= 0.6 is 0 Å². The number of aliphatic hydroxyl groups excluding tert-OH is 1. The quantitative estimate of drug-likeness (QED) is 0.405. The Bertz CT molecular complexity index is 135. The first-order valence-electron chi connectivity index (χ1n) is 4.00. The van der Waals surface area contributed by atoms with Crippen molar-refractivity contribution in [3.63, 3.8) is 0 Å². The normalized spacial score (nSPS) is 17.5. The van der Waals surface area contributed by atoms with Gasteiger partial charge in [-0.25, -0.2) is 0 Å². The van der Waals surface area contributed by atoms with Gasteiger partial charge in [0.25, 0.3) is 0 Å². The van der Waals surface area contributed by atoms with E-state index in [0.29, 0.717) is 12.8 Å². The SMILES string of the molecule is CCC(C)(CCO)OC(N)(N)N. The highest BCUT2D eigenvalue weighted by Gasteiger charge is 2.29. The van der Waals surface area contributed by atoms with Crippen molar-refractivity contribution in [3.05, 3.63) is 0 Å². The third-order valence-electron chi connectivity index (χ3n) is 1.81. The number of aliphatic hydroxyl groups is 1. The molecule has 74 valence electrons. The third-order valence-corrected chi connectivity index (χ3v) is 1.81. The monoisotopic (exact) mass is 177 g/mol. The highest BCUT2D eigenvalue weighted by Crippen LogP contribution is 2.20. The summed E-state index contributed by atoms with van der Waals surface area (Å²) in [6, 6.07) is 0. The fourth-order valence-electron chi connectivity index (χ4n) is 0.963. The lowest BCUT2D eigenvalue weighted by atomic mass is 9.99. The maximum Gasteiger partial charge on any atom is 0.228 e. The van der Waals surface area contributed by atoms with E-state index in [1.165, 1.54) is 0 Å². The lowest BCUT2D eigenvalue weighted by Gasteiger charge is -2.34. The van der Waals surface area contributed by atoms with E-state index in [-0.39, 0.29) is 6.61 Å². The summed E-state index contributed by atoms with van der Waals surface area (Å²) in [6.07, 6.45) is 1.16. The summed E-state index contributed by atoms with van der Waals surface area (Å²) in [6.45, 7) is 3.76. The highest BCUT2D eigenvalue weighted by molar-refractivity contribution is 4.75. The summed E-state index contributed by atoms with van der Waals surface area (Å²) in [4.78, 5) is 0. The van der Waals surface area contributed by atoms with Crippen LogP contribution in [0.1, 0.15) is 26.7 Å². The Labute approximate surface area is 72.9 Å². The molecule has 1 unspecified atom stereocenters. The summed E-state index contributed by atoms with van der Waals surface area (Å²) < 4.78 is 5.19. The second-order valence-electron chi connectivity index (χ2n) is 3.23. The maximum absolute atomic E-state index is 8.73. The Morgan fingerprint density at radius 2 is 1.83 bits per heavy atom. The summed E-state index contributed by atoms with van der Waals surface area (Å²) in [5, 5.41) is 8.73. The molecular weight excluding hydrogens is 158 g/mol. The van der Waals surface area contributed by atoms with Gasteiger partial charge >= 0.3 is 0 Å². The minimum Gasteiger partial charge on any atom is -0.396 e. The number of hydrogen-bond donors (Lipinski definition) is 4. The third kappa shape index (κ3) is 4.63. The van der Waals surface area contributed by atoms with E-state index in [9.17, 15) is 0 Å². The van der Waals surface area contributed by atoms with Crippen molar-refractivity contribution in [2.45, 2.75) is 38.3 Å². The molecule has 0 radical (unpaired) electrons. The van der Waals surface area contributed by atoms with Crippen molar-refractivity contribution in [1.82, 2.24) is 0 Å². The smallest absolute Gasteiger partial charge is 0.228 e. The molecule has 0 heterocycles. The zero-order valence-corrected chi connectivity index (χ0v) is 7.71. The van der Waals surface area contributed by atoms with Gasteiger partial charge in [0.15, 0.2) is 0 Å². The molecule has 0 amide bonds. The van der Waals surface area contributed by atoms with Crippen LogP contribution in [0.15, 0.2) is 0 Å². The van der Waals surface area contributed by atoms with Gasteiger partial charge in [0, 0.05) is 6.61 Å². The average Bonchev–Trinajstić information content (AvgIpc) is 1.84. The standard InChI is InChI=1S/C7H19N3O2/c1-3-6(2,4-5-11)12-7(8,9)10/h11H,3-5,8-10H2,1-2H3. The fraction of sp³-hybridized carbons (Fsp3) is 1.00. The first-order chi connectivity index (χ1) is 5.33. The van der Waals surface area contributed by atoms with E-state index < -0.39 is 11.6 Å². The zero-order chi connectivity index (χ0) is 9.83. The van der Waals surface area contributed by atoms with E-state index in [4.69, 9.17) is 27.0 Å². The summed E-state index contributed by atoms with van der Waals surface area (Å²) in [5.74, 6) is -1.63. The molecule has 5 heteroatoms. The second kappa shape index (κ2) is 4.15. The van der Waals surface area contributed by atoms with Crippen molar-refractivity contribution in [3.8, 4) is 0 Å². The molecule has 0 saturated heterocycles. The van der Waals surface area contributed by atoms with Gasteiger partial charge < -0.3 is 9.84 Å². The molecule has 7 N–H and O–H groups in total. The number of hydrogen-bond acceptors (Lipinski definition) is 5. The van der Waals surface area contributed by atoms with Crippen molar-refractivity contribution >= 4 is 0 Å². The first kappa shape index (κ1) is 11.8. The molecule has 0 spiro atoms. The molecule has 0 aromatic carbocycles. The Morgan fingerprint density at radius 1 is 1.33 bits per heavy atom. The van der Waals surface area contributed by atoms with Crippen LogP contribution in [0.5, 0.6) is 0 Å². The van der Waals surface area contributed by atoms with Crippen molar-refractivity contribution in [2.24, 2.45) is 17.2 Å². The number of nitrogens with two attached hydrogens (primary N) is 3. The highest BCUT2D eigenvalue weighted by atomic mass is 16.6. The van der Waals surface area contributed by atoms with Gasteiger partial charge in [0.05, 0.1) is 5.60 Å². The van der Waals surface area contributed by atoms with Gasteiger partial charge in [-0.2, -0.15) is 0 Å². The predicted octanol–water partition coefficient (Wildman–Crippen LogP) is -0.958. The Kier molecular flexibility index (Phi) is 4.09. The van der Waals surface area contributed by atoms with Crippen LogP contribution < -0.4 is 17.2 Å². The summed E-state index contributed by atoms with van der Waals surface area (Å²) in [5.41, 5.74) is 15.3.